The maximum atomic E-state index is 9.25. The van der Waals surface area contributed by atoms with Gasteiger partial charge >= 0.3 is 0 Å². The van der Waals surface area contributed by atoms with E-state index in [0.717, 1.165) is 44.6 Å². The Hall–Kier alpha value is -2.06. The molecule has 0 aromatic heterocycles. The summed E-state index contributed by atoms with van der Waals surface area (Å²) < 4.78 is 0. The number of benzene rings is 2. The first-order valence-corrected chi connectivity index (χ1v) is 10.9. The molecular formula is C24H30ClN3O. The fourth-order valence-corrected chi connectivity index (χ4v) is 4.26. The second kappa shape index (κ2) is 10.1. The highest BCUT2D eigenvalue weighted by Crippen LogP contribution is 2.30. The van der Waals surface area contributed by atoms with Crippen LogP contribution >= 0.6 is 11.6 Å². The van der Waals surface area contributed by atoms with Crippen LogP contribution in [0.1, 0.15) is 49.8 Å². The van der Waals surface area contributed by atoms with Gasteiger partial charge in [-0.3, -0.25) is 4.84 Å². The van der Waals surface area contributed by atoms with Gasteiger partial charge in [0.2, 0.25) is 0 Å². The topological polar surface area (TPSA) is 39.5 Å². The van der Waals surface area contributed by atoms with Gasteiger partial charge in [-0.15, -0.1) is 0 Å². The van der Waals surface area contributed by atoms with Crippen molar-refractivity contribution in [3.8, 4) is 6.07 Å². The molecular weight excluding hydrogens is 382 g/mol. The molecule has 4 nitrogen and oxygen atoms in total. The molecule has 0 saturated carbocycles. The lowest BCUT2D eigenvalue weighted by atomic mass is 10.0. The Bertz CT molecular complexity index is 859. The van der Waals surface area contributed by atoms with Crippen LogP contribution < -0.4 is 4.90 Å². The van der Waals surface area contributed by atoms with Crippen LogP contribution in [0.4, 0.5) is 5.69 Å². The largest absolute Gasteiger partial charge is 0.363 e. The lowest BCUT2D eigenvalue weighted by Gasteiger charge is -2.42. The number of aryl methyl sites for hydroxylation is 1. The fourth-order valence-electron chi connectivity index (χ4n) is 4.04. The van der Waals surface area contributed by atoms with E-state index in [4.69, 9.17) is 16.4 Å². The van der Waals surface area contributed by atoms with Crippen molar-refractivity contribution in [2.24, 2.45) is 0 Å². The Balaban J connectivity index is 1.93. The van der Waals surface area contributed by atoms with Crippen LogP contribution in [-0.4, -0.2) is 30.3 Å². The third-order valence-electron chi connectivity index (χ3n) is 5.90. The molecule has 1 aliphatic heterocycles. The van der Waals surface area contributed by atoms with E-state index in [9.17, 15) is 5.26 Å². The van der Waals surface area contributed by atoms with Crippen LogP contribution in [0, 0.1) is 18.3 Å². The number of hydrogen-bond acceptors (Lipinski definition) is 4. The SMILES string of the molecule is CCC(CC)N1C[C@@H](N(Cc2ccccc2C)c2ccc(C#N)c(Cl)c2)CCO1. The molecule has 0 spiro atoms. The van der Waals surface area contributed by atoms with E-state index in [2.05, 4.69) is 61.1 Å². The average Bonchev–Trinajstić information content (AvgIpc) is 2.74. The minimum absolute atomic E-state index is 0.313. The van der Waals surface area contributed by atoms with Crippen LogP contribution in [0.25, 0.3) is 0 Å². The molecule has 0 bridgehead atoms. The summed E-state index contributed by atoms with van der Waals surface area (Å²) in [5, 5.41) is 11.9. The third-order valence-corrected chi connectivity index (χ3v) is 6.21. The molecule has 1 atom stereocenters. The van der Waals surface area contributed by atoms with Gasteiger partial charge in [-0.2, -0.15) is 10.3 Å². The van der Waals surface area contributed by atoms with Crippen LogP contribution in [0.3, 0.4) is 0 Å². The van der Waals surface area contributed by atoms with Crippen LogP contribution in [0.5, 0.6) is 0 Å². The fraction of sp³-hybridized carbons (Fsp3) is 0.458. The standard InChI is InChI=1S/C24H30ClN3O/c1-4-21(5-2)28-17-23(12-13-29-28)27(16-20-9-7-6-8-18(20)3)22-11-10-19(15-26)24(25)14-22/h6-11,14,21,23H,4-5,12-13,16-17H2,1-3H3/t23-/m0/s1. The minimum Gasteiger partial charge on any atom is -0.363 e. The van der Waals surface area contributed by atoms with Gasteiger partial charge in [0, 0.05) is 30.9 Å². The Labute approximate surface area is 179 Å². The summed E-state index contributed by atoms with van der Waals surface area (Å²) in [6.07, 6.45) is 3.10. The summed E-state index contributed by atoms with van der Waals surface area (Å²) in [5.74, 6) is 0. The molecule has 29 heavy (non-hydrogen) atoms. The first-order chi connectivity index (χ1) is 14.1. The maximum Gasteiger partial charge on any atom is 0.101 e. The van der Waals surface area contributed by atoms with Gasteiger partial charge in [-0.05, 0) is 55.5 Å². The molecule has 0 aliphatic carbocycles. The van der Waals surface area contributed by atoms with Crippen molar-refractivity contribution in [1.82, 2.24) is 5.06 Å². The smallest absolute Gasteiger partial charge is 0.101 e. The van der Waals surface area contributed by atoms with Crippen LogP contribution in [0.15, 0.2) is 42.5 Å². The zero-order valence-electron chi connectivity index (χ0n) is 17.6. The predicted octanol–water partition coefficient (Wildman–Crippen LogP) is 5.72. The van der Waals surface area contributed by atoms with E-state index >= 15 is 0 Å². The van der Waals surface area contributed by atoms with Gasteiger partial charge in [-0.25, -0.2) is 0 Å². The van der Waals surface area contributed by atoms with Crippen molar-refractivity contribution < 1.29 is 4.84 Å². The molecule has 1 aliphatic rings. The zero-order chi connectivity index (χ0) is 20.8. The van der Waals surface area contributed by atoms with Gasteiger partial charge in [0.25, 0.3) is 0 Å². The van der Waals surface area contributed by atoms with Gasteiger partial charge in [0.15, 0.2) is 0 Å². The zero-order valence-corrected chi connectivity index (χ0v) is 18.3. The highest BCUT2D eigenvalue weighted by Gasteiger charge is 2.30. The summed E-state index contributed by atoms with van der Waals surface area (Å²) in [5.41, 5.74) is 4.14. The Kier molecular flexibility index (Phi) is 7.55. The number of nitrogens with zero attached hydrogens (tertiary/aromatic N) is 3. The molecule has 154 valence electrons. The van der Waals surface area contributed by atoms with Crippen LogP contribution in [0.2, 0.25) is 5.02 Å². The number of halogens is 1. The van der Waals surface area contributed by atoms with Gasteiger partial charge in [0.1, 0.15) is 6.07 Å². The highest BCUT2D eigenvalue weighted by atomic mass is 35.5. The van der Waals surface area contributed by atoms with E-state index in [-0.39, 0.29) is 0 Å². The maximum absolute atomic E-state index is 9.25. The summed E-state index contributed by atoms with van der Waals surface area (Å²) in [4.78, 5) is 8.43. The third kappa shape index (κ3) is 5.11. The molecule has 0 amide bonds. The van der Waals surface area contributed by atoms with Crippen molar-refractivity contribution in [2.75, 3.05) is 18.1 Å². The predicted molar refractivity (Wildman–Crippen MR) is 119 cm³/mol. The number of hydrogen-bond donors (Lipinski definition) is 0. The summed E-state index contributed by atoms with van der Waals surface area (Å²) in [7, 11) is 0. The van der Waals surface area contributed by atoms with Crippen molar-refractivity contribution >= 4 is 17.3 Å². The second-order valence-electron chi connectivity index (χ2n) is 7.68. The van der Waals surface area contributed by atoms with E-state index in [1.807, 2.05) is 18.2 Å². The Morgan fingerprint density at radius 2 is 2.00 bits per heavy atom. The molecule has 3 rings (SSSR count). The number of rotatable bonds is 7. The van der Waals surface area contributed by atoms with Gasteiger partial charge in [0.05, 0.1) is 17.2 Å². The molecule has 1 saturated heterocycles. The van der Waals surface area contributed by atoms with Gasteiger partial charge in [-0.1, -0.05) is 49.7 Å². The van der Waals surface area contributed by atoms with Crippen molar-refractivity contribution in [1.29, 1.82) is 5.26 Å². The summed E-state index contributed by atoms with van der Waals surface area (Å²) >= 11 is 6.39. The highest BCUT2D eigenvalue weighted by molar-refractivity contribution is 6.32. The van der Waals surface area contributed by atoms with Crippen molar-refractivity contribution in [3.63, 3.8) is 0 Å². The minimum atomic E-state index is 0.313. The normalized spacial score (nSPS) is 17.3. The lowest BCUT2D eigenvalue weighted by molar-refractivity contribution is -0.211. The van der Waals surface area contributed by atoms with Crippen molar-refractivity contribution in [2.45, 2.75) is 58.7 Å². The summed E-state index contributed by atoms with van der Waals surface area (Å²) in [6.45, 7) is 8.96. The first kappa shape index (κ1) is 21.6. The monoisotopic (exact) mass is 411 g/mol. The molecule has 1 fully saturated rings. The number of anilines is 1. The molecule has 2 aromatic carbocycles. The lowest BCUT2D eigenvalue weighted by Crippen LogP contribution is -2.51. The van der Waals surface area contributed by atoms with Crippen LogP contribution in [-0.2, 0) is 11.4 Å². The Morgan fingerprint density at radius 3 is 2.66 bits per heavy atom. The molecule has 1 heterocycles. The molecule has 0 unspecified atom stereocenters. The van der Waals surface area contributed by atoms with Crippen molar-refractivity contribution in [3.05, 3.63) is 64.2 Å². The number of nitriles is 1. The quantitative estimate of drug-likeness (QED) is 0.584. The summed E-state index contributed by atoms with van der Waals surface area (Å²) in [6, 6.07) is 17.2. The molecule has 5 heteroatoms. The van der Waals surface area contributed by atoms with E-state index in [1.54, 1.807) is 0 Å². The first-order valence-electron chi connectivity index (χ1n) is 10.5. The van der Waals surface area contributed by atoms with E-state index in [0.29, 0.717) is 22.7 Å². The molecule has 2 aromatic rings. The van der Waals surface area contributed by atoms with Gasteiger partial charge < -0.3 is 4.90 Å². The number of hydroxylamine groups is 2. The molecule has 0 N–H and O–H groups in total. The second-order valence-corrected chi connectivity index (χ2v) is 8.08. The average molecular weight is 412 g/mol. The molecule has 0 radical (unpaired) electrons. The van der Waals surface area contributed by atoms with E-state index in [1.165, 1.54) is 11.1 Å². The van der Waals surface area contributed by atoms with E-state index < -0.39 is 0 Å². The Morgan fingerprint density at radius 1 is 1.24 bits per heavy atom.